The molecule has 0 unspecified atom stereocenters. The Balaban J connectivity index is 1.23. The number of nitro groups is 1. The number of hydrazine groups is 1. The second kappa shape index (κ2) is 24.0. The largest absolute Gasteiger partial charge is 0.481 e. The number of nitrogens with one attached hydrogen (secondary N) is 8. The number of aromatic amines is 3. The van der Waals surface area contributed by atoms with Crippen molar-refractivity contribution in [1.29, 1.82) is 0 Å². The molecule has 1 fully saturated rings. The summed E-state index contributed by atoms with van der Waals surface area (Å²) in [7, 11) is 0. The molecule has 28 nitrogen and oxygen atoms in total. The van der Waals surface area contributed by atoms with E-state index in [0.717, 1.165) is 18.2 Å². The van der Waals surface area contributed by atoms with Gasteiger partial charge in [-0.15, -0.1) is 5.10 Å². The minimum Gasteiger partial charge on any atom is -0.481 e. The Bertz CT molecular complexity index is 2850. The van der Waals surface area contributed by atoms with Crippen molar-refractivity contribution in [2.75, 3.05) is 17.2 Å². The Labute approximate surface area is 413 Å². The third-order valence-corrected chi connectivity index (χ3v) is 11.2. The average molecular weight is 1010 g/mol. The van der Waals surface area contributed by atoms with Gasteiger partial charge in [0.1, 0.15) is 29.5 Å². The van der Waals surface area contributed by atoms with Crippen molar-refractivity contribution < 1.29 is 58.3 Å². The van der Waals surface area contributed by atoms with E-state index in [1.54, 1.807) is 60.7 Å². The number of rotatable bonds is 22. The molecular weight excluding hydrogens is 959 g/mol. The fourth-order valence-electron chi connectivity index (χ4n) is 7.74. The van der Waals surface area contributed by atoms with Gasteiger partial charge in [0.15, 0.2) is 23.4 Å². The number of hydrogen-bond donors (Lipinski definition) is 11. The van der Waals surface area contributed by atoms with E-state index in [4.69, 9.17) is 5.73 Å². The fourth-order valence-corrected chi connectivity index (χ4v) is 7.74. The van der Waals surface area contributed by atoms with Gasteiger partial charge in [0.25, 0.3) is 23.6 Å². The van der Waals surface area contributed by atoms with Crippen molar-refractivity contribution in [3.8, 4) is 0 Å². The predicted octanol–water partition coefficient (Wildman–Crippen LogP) is 0.489. The van der Waals surface area contributed by atoms with Gasteiger partial charge in [-0.1, -0.05) is 79.6 Å². The van der Waals surface area contributed by atoms with Crippen molar-refractivity contribution in [1.82, 2.24) is 56.6 Å². The molecule has 12 N–H and O–H groups in total. The summed E-state index contributed by atoms with van der Waals surface area (Å²) in [6.07, 6.45) is -0.561. The smallest absolute Gasteiger partial charge is 0.343 e. The molecule has 0 aliphatic carbocycles. The van der Waals surface area contributed by atoms with Crippen LogP contribution in [0.1, 0.15) is 82.1 Å². The number of nitrogens with zero attached hydrogens (tertiary/aromatic N) is 6. The van der Waals surface area contributed by atoms with Gasteiger partial charge in [-0.3, -0.25) is 54.0 Å². The maximum atomic E-state index is 14.8. The monoisotopic (exact) mass is 1010 g/mol. The van der Waals surface area contributed by atoms with Crippen LogP contribution in [-0.4, -0.2) is 146 Å². The number of benzene rings is 2. The van der Waals surface area contributed by atoms with E-state index in [9.17, 15) is 63.5 Å². The first kappa shape index (κ1) is 53.0. The molecule has 5 atom stereocenters. The summed E-state index contributed by atoms with van der Waals surface area (Å²) in [6.45, 7) is 4.07. The van der Waals surface area contributed by atoms with Crippen LogP contribution in [0.2, 0.25) is 0 Å². The number of H-pyrrole nitrogens is 3. The highest BCUT2D eigenvalue weighted by atomic mass is 16.6. The summed E-state index contributed by atoms with van der Waals surface area (Å²) >= 11 is 0. The third-order valence-electron chi connectivity index (χ3n) is 11.2. The van der Waals surface area contributed by atoms with Gasteiger partial charge in [0, 0.05) is 31.5 Å². The van der Waals surface area contributed by atoms with Crippen LogP contribution in [0.4, 0.5) is 17.5 Å². The summed E-state index contributed by atoms with van der Waals surface area (Å²) in [5.74, 6) is -10.9. The van der Waals surface area contributed by atoms with Gasteiger partial charge < -0.3 is 52.2 Å². The van der Waals surface area contributed by atoms with Crippen LogP contribution in [-0.2, 0) is 41.6 Å². The molecule has 3 aromatic heterocycles. The molecule has 1 aliphatic rings. The Morgan fingerprint density at radius 3 is 1.92 bits per heavy atom. The molecule has 4 heterocycles. The van der Waals surface area contributed by atoms with Crippen LogP contribution in [0.5, 0.6) is 0 Å². The van der Waals surface area contributed by atoms with Crippen LogP contribution in [0.3, 0.4) is 0 Å². The highest BCUT2D eigenvalue weighted by Crippen LogP contribution is 2.21. The SMILES string of the molecule is CC(C)C[C@H](N)C(=O)N1CCC[C@H]1C(=O)N[C@@H](Cc1ccccc1)C(=O)N[C@@H](Cc1ccccc1)C(=O)N(NC(=O)c1cc(NC(=O)c2cc(NC(=O)c3cc([N+](=O)[O-])[nH]n3)n[nH]2)n[nH]1)[C@@H](CC(=O)O)C(=O)O. The van der Waals surface area contributed by atoms with E-state index in [-0.39, 0.29) is 59.8 Å². The molecule has 0 spiro atoms. The van der Waals surface area contributed by atoms with Crippen LogP contribution >= 0.6 is 0 Å². The molecule has 28 heteroatoms. The van der Waals surface area contributed by atoms with E-state index in [0.29, 0.717) is 24.0 Å². The molecule has 6 rings (SSSR count). The lowest BCUT2D eigenvalue weighted by Gasteiger charge is -2.33. The second-order valence-corrected chi connectivity index (χ2v) is 17.2. The minimum atomic E-state index is -2.28. The summed E-state index contributed by atoms with van der Waals surface area (Å²) in [5, 5.41) is 59.1. The quantitative estimate of drug-likeness (QED) is 0.0332. The zero-order chi connectivity index (χ0) is 52.9. The first-order valence-electron chi connectivity index (χ1n) is 22.5. The number of anilines is 2. The first-order chi connectivity index (χ1) is 34.8. The Hall–Kier alpha value is -9.34. The van der Waals surface area contributed by atoms with E-state index in [2.05, 4.69) is 57.3 Å². The molecular formula is C45H51N15O13. The number of aliphatic carboxylic acids is 2. The number of hydrogen-bond acceptors (Lipinski definition) is 15. The highest BCUT2D eigenvalue weighted by molar-refractivity contribution is 6.06. The molecule has 0 radical (unpaired) electrons. The van der Waals surface area contributed by atoms with Crippen molar-refractivity contribution in [3.63, 3.8) is 0 Å². The topological polar surface area (TPSA) is 416 Å². The highest BCUT2D eigenvalue weighted by Gasteiger charge is 2.41. The van der Waals surface area contributed by atoms with Gasteiger partial charge in [0.05, 0.1) is 18.5 Å². The Morgan fingerprint density at radius 2 is 1.37 bits per heavy atom. The normalized spacial score (nSPS) is 14.7. The van der Waals surface area contributed by atoms with Crippen molar-refractivity contribution in [2.45, 2.75) is 82.6 Å². The standard InChI is InChI=1S/C45H51N15O13/c1-23(2)16-26(46)43(68)58-15-9-14-32(58)42(67)47-27(17-24-10-5-3-6-11-24)38(63)48-31(18-25-12-7-4-8-13-25)44(69)59(33(45(70)71)22-37(61)62)57-41(66)29-20-35(55-52-29)49-39(64)28-19-34(54-51-28)50-40(65)30-21-36(56-53-30)60(72)73/h3-8,10-13,19-21,23,26-27,31-33H,9,14-18,22,46H2,1-2H3,(H,47,67)(H,48,63)(H,53,56)(H,57,66)(H,61,62)(H,70,71)(H2,49,52,55,64)(H2,50,51,54,65)/t26-,27-,31-,32-,33-/m0/s1. The number of carboxylic acids is 2. The fraction of sp³-hybridized carbons (Fsp3) is 0.333. The molecule has 2 aromatic carbocycles. The van der Waals surface area contributed by atoms with Gasteiger partial charge in [-0.05, 0) is 41.2 Å². The molecule has 0 saturated carbocycles. The number of aromatic nitrogens is 6. The maximum Gasteiger partial charge on any atom is 0.343 e. The molecule has 5 aromatic rings. The number of carbonyl (C=O) groups is 9. The zero-order valence-corrected chi connectivity index (χ0v) is 39.1. The molecule has 384 valence electrons. The van der Waals surface area contributed by atoms with Gasteiger partial charge >= 0.3 is 17.8 Å². The van der Waals surface area contributed by atoms with E-state index >= 15 is 0 Å². The second-order valence-electron chi connectivity index (χ2n) is 17.2. The van der Waals surface area contributed by atoms with Crippen LogP contribution in [0.15, 0.2) is 78.9 Å². The lowest BCUT2D eigenvalue weighted by Crippen LogP contribution is -2.63. The van der Waals surface area contributed by atoms with Gasteiger partial charge in [0.2, 0.25) is 17.7 Å². The molecule has 73 heavy (non-hydrogen) atoms. The number of amides is 7. The molecule has 1 saturated heterocycles. The zero-order valence-electron chi connectivity index (χ0n) is 39.1. The maximum absolute atomic E-state index is 14.8. The number of likely N-dealkylation sites (tertiary alicyclic amines) is 1. The van der Waals surface area contributed by atoms with Gasteiger partial charge in [-0.2, -0.15) is 10.2 Å². The summed E-state index contributed by atoms with van der Waals surface area (Å²) in [6, 6.07) is 12.3. The van der Waals surface area contributed by atoms with Crippen molar-refractivity contribution in [2.24, 2.45) is 11.7 Å². The van der Waals surface area contributed by atoms with Crippen LogP contribution in [0.25, 0.3) is 0 Å². The van der Waals surface area contributed by atoms with Crippen molar-refractivity contribution >= 4 is 70.7 Å². The lowest BCUT2D eigenvalue weighted by molar-refractivity contribution is -0.389. The Morgan fingerprint density at radius 1 is 0.795 bits per heavy atom. The van der Waals surface area contributed by atoms with Crippen molar-refractivity contribution in [3.05, 3.63) is 117 Å². The summed E-state index contributed by atoms with van der Waals surface area (Å²) < 4.78 is 0. The van der Waals surface area contributed by atoms with Crippen LogP contribution < -0.4 is 32.4 Å². The average Bonchev–Trinajstić information content (AvgIpc) is 4.20. The predicted molar refractivity (Wildman–Crippen MR) is 253 cm³/mol. The lowest BCUT2D eigenvalue weighted by atomic mass is 10.0. The minimum absolute atomic E-state index is 0.0972. The summed E-state index contributed by atoms with van der Waals surface area (Å²) in [5.41, 5.74) is 8.27. The number of carboxylic acid groups (broad SMARTS) is 2. The molecule has 0 bridgehead atoms. The van der Waals surface area contributed by atoms with E-state index < -0.39 is 106 Å². The number of nitrogens with two attached hydrogens (primary N) is 1. The molecule has 1 aliphatic heterocycles. The van der Waals surface area contributed by atoms with E-state index in [1.807, 2.05) is 13.8 Å². The number of carbonyl (C=O) groups excluding carboxylic acids is 7. The first-order valence-corrected chi connectivity index (χ1v) is 22.5. The Kier molecular flexibility index (Phi) is 17.4. The van der Waals surface area contributed by atoms with Gasteiger partial charge in [-0.25, -0.2) is 9.80 Å². The summed E-state index contributed by atoms with van der Waals surface area (Å²) in [4.78, 5) is 132. The van der Waals surface area contributed by atoms with E-state index in [1.165, 1.54) is 4.90 Å². The third kappa shape index (κ3) is 14.1. The molecule has 7 amide bonds. The van der Waals surface area contributed by atoms with Crippen LogP contribution in [0, 0.1) is 16.0 Å².